The lowest BCUT2D eigenvalue weighted by molar-refractivity contribution is -0.130. The molecule has 0 spiro atoms. The third-order valence-corrected chi connectivity index (χ3v) is 6.90. The number of piperidine rings is 2. The van der Waals surface area contributed by atoms with E-state index < -0.39 is 0 Å². The molecule has 2 aliphatic heterocycles. The van der Waals surface area contributed by atoms with Crippen LogP contribution in [0, 0.1) is 23.7 Å². The summed E-state index contributed by atoms with van der Waals surface area (Å²) in [4.78, 5) is 17.0. The smallest absolute Gasteiger partial charge is 0.222 e. The summed E-state index contributed by atoms with van der Waals surface area (Å²) in [6.45, 7) is 7.03. The largest absolute Gasteiger partial charge is 0.341 e. The molecule has 4 nitrogen and oxygen atoms in total. The van der Waals surface area contributed by atoms with Gasteiger partial charge in [0.05, 0.1) is 0 Å². The van der Waals surface area contributed by atoms with Gasteiger partial charge in [0.15, 0.2) is 0 Å². The van der Waals surface area contributed by atoms with Gasteiger partial charge in [0, 0.05) is 26.6 Å². The highest BCUT2D eigenvalue weighted by Crippen LogP contribution is 2.49. The summed E-state index contributed by atoms with van der Waals surface area (Å²) in [5, 5.41) is 3.49. The molecule has 3 aliphatic rings. The van der Waals surface area contributed by atoms with Crippen molar-refractivity contribution in [2.75, 3.05) is 39.8 Å². The van der Waals surface area contributed by atoms with Crippen molar-refractivity contribution in [1.82, 2.24) is 15.1 Å². The number of amides is 1. The van der Waals surface area contributed by atoms with Crippen LogP contribution in [0.25, 0.3) is 0 Å². The summed E-state index contributed by atoms with van der Waals surface area (Å²) >= 11 is 0. The SMILES string of the molecule is CN(Cc1ccccc1)C(=O)CCC1CCN(CC2[C@H]3CNC[C@@H]23)CC1.Cl.Cl. The van der Waals surface area contributed by atoms with E-state index in [9.17, 15) is 4.79 Å². The molecule has 1 aromatic rings. The zero-order chi connectivity index (χ0) is 17.9. The summed E-state index contributed by atoms with van der Waals surface area (Å²) in [5.41, 5.74) is 1.21. The maximum Gasteiger partial charge on any atom is 0.222 e. The number of benzene rings is 1. The van der Waals surface area contributed by atoms with Gasteiger partial charge in [-0.05, 0) is 74.7 Å². The maximum atomic E-state index is 12.4. The first-order valence-corrected chi connectivity index (χ1v) is 10.4. The second-order valence-corrected chi connectivity index (χ2v) is 8.67. The van der Waals surface area contributed by atoms with Crippen LogP contribution in [0.15, 0.2) is 30.3 Å². The standard InChI is InChI=1S/C22H33N3O.2ClH/c1-24(15-18-5-3-2-4-6-18)22(26)8-7-17-9-11-25(12-10-17)16-21-19-13-23-14-20(19)21;;/h2-6,17,19-21,23H,7-16H2,1H3;2*1H/t19-,20+,21?;;. The second kappa shape index (κ2) is 10.8. The van der Waals surface area contributed by atoms with Crippen LogP contribution in [0.2, 0.25) is 0 Å². The predicted molar refractivity (Wildman–Crippen MR) is 119 cm³/mol. The first-order chi connectivity index (χ1) is 12.7. The summed E-state index contributed by atoms with van der Waals surface area (Å²) in [6.07, 6.45) is 4.31. The average Bonchev–Trinajstić information content (AvgIpc) is 3.08. The highest BCUT2D eigenvalue weighted by Gasteiger charge is 2.52. The Morgan fingerprint density at radius 1 is 1.11 bits per heavy atom. The monoisotopic (exact) mass is 427 g/mol. The van der Waals surface area contributed by atoms with Gasteiger partial charge < -0.3 is 15.1 Å². The molecule has 1 saturated carbocycles. The number of carbonyl (C=O) groups is 1. The molecule has 1 unspecified atom stereocenters. The van der Waals surface area contributed by atoms with Gasteiger partial charge in [-0.3, -0.25) is 4.79 Å². The van der Waals surface area contributed by atoms with Gasteiger partial charge in [-0.1, -0.05) is 30.3 Å². The van der Waals surface area contributed by atoms with Crippen molar-refractivity contribution in [2.24, 2.45) is 23.7 Å². The van der Waals surface area contributed by atoms with Crippen LogP contribution in [0.5, 0.6) is 0 Å². The third kappa shape index (κ3) is 5.85. The van der Waals surface area contributed by atoms with E-state index in [0.717, 1.165) is 36.6 Å². The van der Waals surface area contributed by atoms with Crippen LogP contribution in [0.3, 0.4) is 0 Å². The fourth-order valence-electron chi connectivity index (χ4n) is 5.04. The van der Waals surface area contributed by atoms with E-state index in [-0.39, 0.29) is 30.7 Å². The summed E-state index contributed by atoms with van der Waals surface area (Å²) in [5.74, 6) is 3.95. The highest BCUT2D eigenvalue weighted by atomic mass is 35.5. The molecule has 1 aromatic carbocycles. The molecule has 28 heavy (non-hydrogen) atoms. The van der Waals surface area contributed by atoms with Crippen molar-refractivity contribution in [2.45, 2.75) is 32.2 Å². The molecule has 1 aliphatic carbocycles. The number of fused-ring (bicyclic) bond motifs is 1. The Hall–Kier alpha value is -0.810. The Morgan fingerprint density at radius 3 is 2.39 bits per heavy atom. The van der Waals surface area contributed by atoms with Crippen LogP contribution in [-0.4, -0.2) is 55.5 Å². The van der Waals surface area contributed by atoms with E-state index in [2.05, 4.69) is 22.3 Å². The van der Waals surface area contributed by atoms with Gasteiger partial charge in [0.25, 0.3) is 0 Å². The van der Waals surface area contributed by atoms with Crippen molar-refractivity contribution in [3.63, 3.8) is 0 Å². The van der Waals surface area contributed by atoms with E-state index in [1.807, 2.05) is 30.1 Å². The molecule has 3 fully saturated rings. The molecule has 3 atom stereocenters. The van der Waals surface area contributed by atoms with Crippen LogP contribution in [0.4, 0.5) is 0 Å². The Balaban J connectivity index is 0.00000140. The average molecular weight is 428 g/mol. The zero-order valence-corrected chi connectivity index (χ0v) is 18.5. The maximum absolute atomic E-state index is 12.4. The van der Waals surface area contributed by atoms with Gasteiger partial charge >= 0.3 is 0 Å². The fourth-order valence-corrected chi connectivity index (χ4v) is 5.04. The van der Waals surface area contributed by atoms with E-state index in [1.54, 1.807) is 0 Å². The number of carbonyl (C=O) groups excluding carboxylic acids is 1. The number of nitrogens with zero attached hydrogens (tertiary/aromatic N) is 2. The number of nitrogens with one attached hydrogen (secondary N) is 1. The fraction of sp³-hybridized carbons (Fsp3) is 0.682. The molecular weight excluding hydrogens is 393 g/mol. The minimum atomic E-state index is 0. The summed E-state index contributed by atoms with van der Waals surface area (Å²) in [6, 6.07) is 10.3. The minimum absolute atomic E-state index is 0. The molecule has 1 N–H and O–H groups in total. The number of hydrogen-bond donors (Lipinski definition) is 1. The van der Waals surface area contributed by atoms with E-state index in [0.29, 0.717) is 6.42 Å². The Bertz CT molecular complexity index is 597. The number of halogens is 2. The Kier molecular flexibility index (Phi) is 9.07. The molecule has 1 amide bonds. The normalized spacial score (nSPS) is 26.7. The lowest BCUT2D eigenvalue weighted by Gasteiger charge is -2.32. The van der Waals surface area contributed by atoms with Crippen molar-refractivity contribution >= 4 is 30.7 Å². The highest BCUT2D eigenvalue weighted by molar-refractivity contribution is 5.85. The molecule has 0 bridgehead atoms. The van der Waals surface area contributed by atoms with Gasteiger partial charge in [0.2, 0.25) is 5.91 Å². The lowest BCUT2D eigenvalue weighted by Crippen LogP contribution is -2.36. The van der Waals surface area contributed by atoms with Crippen LogP contribution in [0.1, 0.15) is 31.2 Å². The van der Waals surface area contributed by atoms with E-state index in [4.69, 9.17) is 0 Å². The minimum Gasteiger partial charge on any atom is -0.341 e. The quantitative estimate of drug-likeness (QED) is 0.723. The van der Waals surface area contributed by atoms with Crippen molar-refractivity contribution < 1.29 is 4.79 Å². The molecule has 6 heteroatoms. The molecule has 0 radical (unpaired) electrons. The number of rotatable bonds is 7. The van der Waals surface area contributed by atoms with Crippen LogP contribution >= 0.6 is 24.8 Å². The van der Waals surface area contributed by atoms with Crippen LogP contribution in [-0.2, 0) is 11.3 Å². The van der Waals surface area contributed by atoms with Crippen molar-refractivity contribution in [3.8, 4) is 0 Å². The summed E-state index contributed by atoms with van der Waals surface area (Å²) < 4.78 is 0. The molecule has 0 aromatic heterocycles. The molecule has 2 saturated heterocycles. The molecule has 158 valence electrons. The zero-order valence-electron chi connectivity index (χ0n) is 16.9. The van der Waals surface area contributed by atoms with Gasteiger partial charge in [0.1, 0.15) is 0 Å². The molecule has 4 rings (SSSR count). The number of hydrogen-bond acceptors (Lipinski definition) is 3. The predicted octanol–water partition coefficient (Wildman–Crippen LogP) is 3.45. The first-order valence-electron chi connectivity index (χ1n) is 10.4. The summed E-state index contributed by atoms with van der Waals surface area (Å²) in [7, 11) is 1.93. The Labute approximate surface area is 182 Å². The van der Waals surface area contributed by atoms with Gasteiger partial charge in [-0.25, -0.2) is 0 Å². The van der Waals surface area contributed by atoms with Gasteiger partial charge in [-0.15, -0.1) is 24.8 Å². The Morgan fingerprint density at radius 2 is 1.75 bits per heavy atom. The topological polar surface area (TPSA) is 35.6 Å². The lowest BCUT2D eigenvalue weighted by atomic mass is 9.91. The van der Waals surface area contributed by atoms with E-state index in [1.165, 1.54) is 51.1 Å². The molecular formula is C22H35Cl2N3O. The van der Waals surface area contributed by atoms with Gasteiger partial charge in [-0.2, -0.15) is 0 Å². The van der Waals surface area contributed by atoms with E-state index >= 15 is 0 Å². The van der Waals surface area contributed by atoms with Crippen molar-refractivity contribution in [3.05, 3.63) is 35.9 Å². The molecule has 2 heterocycles. The van der Waals surface area contributed by atoms with Crippen LogP contribution < -0.4 is 5.32 Å². The number of likely N-dealkylation sites (tertiary alicyclic amines) is 1. The first kappa shape index (κ1) is 23.5. The third-order valence-electron chi connectivity index (χ3n) is 6.90. The second-order valence-electron chi connectivity index (χ2n) is 8.67. The van der Waals surface area contributed by atoms with Crippen molar-refractivity contribution in [1.29, 1.82) is 0 Å².